The Hall–Kier alpha value is -4.06. The van der Waals surface area contributed by atoms with Gasteiger partial charge in [0.15, 0.2) is 23.0 Å². The van der Waals surface area contributed by atoms with E-state index >= 15 is 0 Å². The fourth-order valence-corrected chi connectivity index (χ4v) is 2.93. The summed E-state index contributed by atoms with van der Waals surface area (Å²) in [5.74, 6) is -0.912. The molecule has 0 atom stereocenters. The Morgan fingerprint density at radius 1 is 0.429 bits per heavy atom. The lowest BCUT2D eigenvalue weighted by Crippen LogP contribution is -1.92. The van der Waals surface area contributed by atoms with Gasteiger partial charge in [0.2, 0.25) is 0 Å². The number of pyridine rings is 2. The molecule has 0 saturated heterocycles. The number of benzene rings is 2. The Bertz CT molecular complexity index is 1080. The van der Waals surface area contributed by atoms with Gasteiger partial charge >= 0.3 is 0 Å². The summed E-state index contributed by atoms with van der Waals surface area (Å²) in [5.41, 5.74) is 2.90. The summed E-state index contributed by atoms with van der Waals surface area (Å²) in [6.45, 7) is 0. The van der Waals surface area contributed by atoms with Crippen molar-refractivity contribution in [2.75, 3.05) is 0 Å². The molecule has 0 aliphatic rings. The van der Waals surface area contributed by atoms with Crippen LogP contribution >= 0.6 is 0 Å². The van der Waals surface area contributed by atoms with E-state index < -0.39 is 0 Å². The number of phenolic OH excluding ortho intramolecular Hbond substituents is 4. The van der Waals surface area contributed by atoms with Crippen molar-refractivity contribution in [2.45, 2.75) is 0 Å². The second kappa shape index (κ2) is 6.92. The Kier molecular flexibility index (Phi) is 4.29. The first kappa shape index (κ1) is 17.4. The third kappa shape index (κ3) is 3.07. The molecule has 6 heteroatoms. The Morgan fingerprint density at radius 2 is 0.786 bits per heavy atom. The van der Waals surface area contributed by atoms with E-state index in [0.29, 0.717) is 33.9 Å². The summed E-state index contributed by atoms with van der Waals surface area (Å²) >= 11 is 0. The minimum Gasteiger partial charge on any atom is -0.504 e. The zero-order valence-corrected chi connectivity index (χ0v) is 14.6. The van der Waals surface area contributed by atoms with Crippen LogP contribution in [-0.2, 0) is 0 Å². The van der Waals surface area contributed by atoms with Crippen LogP contribution < -0.4 is 0 Å². The number of para-hydroxylation sites is 2. The van der Waals surface area contributed by atoms with E-state index in [0.717, 1.165) is 0 Å². The Balaban J connectivity index is 1.79. The highest BCUT2D eigenvalue weighted by atomic mass is 16.3. The molecular weight excluding hydrogens is 356 g/mol. The van der Waals surface area contributed by atoms with Crippen molar-refractivity contribution in [1.29, 1.82) is 0 Å². The number of nitrogens with zero attached hydrogens (tertiary/aromatic N) is 2. The van der Waals surface area contributed by atoms with Crippen molar-refractivity contribution in [3.63, 3.8) is 0 Å². The van der Waals surface area contributed by atoms with Crippen LogP contribution in [0.25, 0.3) is 33.9 Å². The van der Waals surface area contributed by atoms with E-state index in [9.17, 15) is 20.4 Å². The molecule has 2 heterocycles. The molecule has 28 heavy (non-hydrogen) atoms. The molecule has 0 saturated carbocycles. The van der Waals surface area contributed by atoms with Gasteiger partial charge in [-0.25, -0.2) is 9.97 Å². The molecule has 0 aliphatic heterocycles. The number of rotatable bonds is 3. The fourth-order valence-electron chi connectivity index (χ4n) is 2.93. The maximum absolute atomic E-state index is 10.1. The first-order chi connectivity index (χ1) is 13.5. The Morgan fingerprint density at radius 3 is 1.21 bits per heavy atom. The highest BCUT2D eigenvalue weighted by Gasteiger charge is 2.13. The van der Waals surface area contributed by atoms with E-state index in [1.54, 1.807) is 60.7 Å². The molecule has 0 aliphatic carbocycles. The number of hydrogen-bond donors (Lipinski definition) is 4. The molecule has 6 nitrogen and oxygen atoms in total. The number of aromatic hydroxyl groups is 4. The molecule has 4 N–H and O–H groups in total. The number of phenols is 4. The first-order valence-electron chi connectivity index (χ1n) is 8.51. The van der Waals surface area contributed by atoms with Gasteiger partial charge in [0.1, 0.15) is 0 Å². The molecule has 4 aromatic rings. The van der Waals surface area contributed by atoms with Gasteiger partial charge in [-0.2, -0.15) is 0 Å². The van der Waals surface area contributed by atoms with E-state index in [-0.39, 0.29) is 23.0 Å². The lowest BCUT2D eigenvalue weighted by atomic mass is 10.1. The van der Waals surface area contributed by atoms with Crippen molar-refractivity contribution in [3.05, 3.63) is 72.8 Å². The van der Waals surface area contributed by atoms with Crippen molar-refractivity contribution in [2.24, 2.45) is 0 Å². The predicted octanol–water partition coefficient (Wildman–Crippen LogP) is 4.30. The van der Waals surface area contributed by atoms with Crippen LogP contribution in [-0.4, -0.2) is 30.4 Å². The molecule has 138 valence electrons. The van der Waals surface area contributed by atoms with E-state index in [1.807, 2.05) is 0 Å². The van der Waals surface area contributed by atoms with Crippen LogP contribution in [0.3, 0.4) is 0 Å². The summed E-state index contributed by atoms with van der Waals surface area (Å²) in [4.78, 5) is 9.09. The lowest BCUT2D eigenvalue weighted by Gasteiger charge is -2.09. The van der Waals surface area contributed by atoms with E-state index in [2.05, 4.69) is 9.97 Å². The van der Waals surface area contributed by atoms with Crippen LogP contribution in [0.1, 0.15) is 0 Å². The summed E-state index contributed by atoms with van der Waals surface area (Å²) in [6.07, 6.45) is 0. The maximum atomic E-state index is 10.1. The molecule has 0 amide bonds. The average Bonchev–Trinajstić information content (AvgIpc) is 2.72. The second-order valence-corrected chi connectivity index (χ2v) is 6.16. The molecule has 4 rings (SSSR count). The standard InChI is InChI=1S/C22H16N2O4/c25-19-11-1-5-13(21(19)27)15-7-3-9-17(23-15)18-10-4-8-16(24-18)14-6-2-12-20(26)22(14)28/h1-12,25-28H. The van der Waals surface area contributed by atoms with Crippen molar-refractivity contribution in [3.8, 4) is 56.9 Å². The van der Waals surface area contributed by atoms with E-state index in [1.165, 1.54) is 12.1 Å². The smallest absolute Gasteiger partial charge is 0.167 e. The minimum absolute atomic E-state index is 0.218. The SMILES string of the molecule is Oc1cccc(-c2cccc(-c3cccc(-c4cccc(O)c4O)n3)n2)c1O. The van der Waals surface area contributed by atoms with Crippen LogP contribution in [0.4, 0.5) is 0 Å². The van der Waals surface area contributed by atoms with Crippen LogP contribution in [0.15, 0.2) is 72.8 Å². The second-order valence-electron chi connectivity index (χ2n) is 6.16. The van der Waals surface area contributed by atoms with Crippen LogP contribution in [0, 0.1) is 0 Å². The van der Waals surface area contributed by atoms with Gasteiger partial charge in [-0.05, 0) is 48.5 Å². The van der Waals surface area contributed by atoms with Crippen molar-refractivity contribution in [1.82, 2.24) is 9.97 Å². The topological polar surface area (TPSA) is 107 Å². The Labute approximate surface area is 160 Å². The van der Waals surface area contributed by atoms with E-state index in [4.69, 9.17) is 0 Å². The molecule has 2 aromatic heterocycles. The fraction of sp³-hybridized carbons (Fsp3) is 0. The predicted molar refractivity (Wildman–Crippen MR) is 105 cm³/mol. The van der Waals surface area contributed by atoms with Crippen molar-refractivity contribution < 1.29 is 20.4 Å². The first-order valence-corrected chi connectivity index (χ1v) is 8.51. The normalized spacial score (nSPS) is 10.7. The van der Waals surface area contributed by atoms with Gasteiger partial charge in [-0.15, -0.1) is 0 Å². The van der Waals surface area contributed by atoms with Crippen LogP contribution in [0.2, 0.25) is 0 Å². The molecule has 2 aromatic carbocycles. The number of hydrogen-bond acceptors (Lipinski definition) is 6. The third-order valence-corrected chi connectivity index (χ3v) is 4.34. The van der Waals surface area contributed by atoms with Gasteiger partial charge in [0.25, 0.3) is 0 Å². The summed E-state index contributed by atoms with van der Waals surface area (Å²) < 4.78 is 0. The summed E-state index contributed by atoms with van der Waals surface area (Å²) in [7, 11) is 0. The van der Waals surface area contributed by atoms with Gasteiger partial charge < -0.3 is 20.4 Å². The van der Waals surface area contributed by atoms with Crippen molar-refractivity contribution >= 4 is 0 Å². The zero-order valence-electron chi connectivity index (χ0n) is 14.6. The molecular formula is C22H16N2O4. The lowest BCUT2D eigenvalue weighted by molar-refractivity contribution is 0.405. The minimum atomic E-state index is -0.237. The summed E-state index contributed by atoms with van der Waals surface area (Å²) in [5, 5.41) is 39.7. The molecule has 0 spiro atoms. The van der Waals surface area contributed by atoms with Gasteiger partial charge in [-0.3, -0.25) is 0 Å². The molecule has 0 radical (unpaired) electrons. The quantitative estimate of drug-likeness (QED) is 0.400. The van der Waals surface area contributed by atoms with Gasteiger partial charge in [0.05, 0.1) is 22.8 Å². The highest BCUT2D eigenvalue weighted by Crippen LogP contribution is 2.37. The highest BCUT2D eigenvalue weighted by molar-refractivity contribution is 5.74. The largest absolute Gasteiger partial charge is 0.504 e. The molecule has 0 bridgehead atoms. The summed E-state index contributed by atoms with van der Waals surface area (Å²) in [6, 6.07) is 19.9. The number of aromatic nitrogens is 2. The monoisotopic (exact) mass is 372 g/mol. The molecule has 0 fully saturated rings. The average molecular weight is 372 g/mol. The maximum Gasteiger partial charge on any atom is 0.167 e. The molecule has 0 unspecified atom stereocenters. The zero-order chi connectivity index (χ0) is 19.7. The third-order valence-electron chi connectivity index (χ3n) is 4.34. The van der Waals surface area contributed by atoms with Gasteiger partial charge in [-0.1, -0.05) is 24.3 Å². The van der Waals surface area contributed by atoms with Crippen LogP contribution in [0.5, 0.6) is 23.0 Å². The van der Waals surface area contributed by atoms with Gasteiger partial charge in [0, 0.05) is 11.1 Å².